The van der Waals surface area contributed by atoms with Crippen LogP contribution >= 0.6 is 11.8 Å². The molecule has 14 heavy (non-hydrogen) atoms. The molecule has 0 unspecified atom stereocenters. The lowest BCUT2D eigenvalue weighted by atomic mass is 10.4. The molecular weight excluding hydrogens is 196 g/mol. The van der Waals surface area contributed by atoms with Crippen LogP contribution in [0.5, 0.6) is 0 Å². The summed E-state index contributed by atoms with van der Waals surface area (Å²) in [6, 6.07) is 1.87. The fourth-order valence-electron chi connectivity index (χ4n) is 1.01. The van der Waals surface area contributed by atoms with Crippen LogP contribution in [0.15, 0.2) is 11.1 Å². The minimum Gasteiger partial charge on any atom is -0.308 e. The van der Waals surface area contributed by atoms with Crippen molar-refractivity contribution in [1.29, 1.82) is 0 Å². The van der Waals surface area contributed by atoms with E-state index in [0.717, 1.165) is 16.6 Å². The molecule has 0 atom stereocenters. The summed E-state index contributed by atoms with van der Waals surface area (Å²) in [5.74, 6) is 7.81. The fourth-order valence-corrected chi connectivity index (χ4v) is 2.04. The van der Waals surface area contributed by atoms with E-state index in [1.807, 2.05) is 13.0 Å². The van der Waals surface area contributed by atoms with Crippen LogP contribution in [0.3, 0.4) is 0 Å². The molecule has 0 bridgehead atoms. The summed E-state index contributed by atoms with van der Waals surface area (Å²) in [7, 11) is 0. The van der Waals surface area contributed by atoms with Gasteiger partial charge in [-0.05, 0) is 19.1 Å². The predicted molar refractivity (Wildman–Crippen MR) is 60.2 cm³/mol. The van der Waals surface area contributed by atoms with Gasteiger partial charge in [0.15, 0.2) is 0 Å². The highest BCUT2D eigenvalue weighted by Gasteiger charge is 2.00. The van der Waals surface area contributed by atoms with Crippen molar-refractivity contribution in [1.82, 2.24) is 9.97 Å². The Morgan fingerprint density at radius 3 is 2.93 bits per heavy atom. The van der Waals surface area contributed by atoms with E-state index in [1.165, 1.54) is 12.8 Å². The Kier molecular flexibility index (Phi) is 4.69. The summed E-state index contributed by atoms with van der Waals surface area (Å²) in [5.41, 5.74) is 2.53. The lowest BCUT2D eigenvalue weighted by molar-refractivity contribution is 0.891. The molecule has 3 N–H and O–H groups in total. The Balaban J connectivity index is 2.62. The minimum atomic E-state index is 0.677. The van der Waals surface area contributed by atoms with Gasteiger partial charge in [0.2, 0.25) is 0 Å². The zero-order valence-corrected chi connectivity index (χ0v) is 9.40. The molecule has 0 saturated carbocycles. The van der Waals surface area contributed by atoms with Crippen molar-refractivity contribution in [3.05, 3.63) is 11.9 Å². The molecule has 78 valence electrons. The number of nitrogens with one attached hydrogen (secondary N) is 1. The number of thioether (sulfide) groups is 1. The highest BCUT2D eigenvalue weighted by Crippen LogP contribution is 2.19. The number of hydrazine groups is 1. The van der Waals surface area contributed by atoms with Crippen molar-refractivity contribution < 1.29 is 0 Å². The van der Waals surface area contributed by atoms with E-state index in [-0.39, 0.29) is 0 Å². The highest BCUT2D eigenvalue weighted by molar-refractivity contribution is 7.99. The fraction of sp³-hybridized carbons (Fsp3) is 0.556. The third kappa shape index (κ3) is 3.51. The van der Waals surface area contributed by atoms with Crippen molar-refractivity contribution in [2.45, 2.75) is 31.7 Å². The average Bonchev–Trinajstić information content (AvgIpc) is 2.17. The monoisotopic (exact) mass is 212 g/mol. The molecule has 0 aliphatic rings. The molecule has 0 aromatic carbocycles. The molecule has 0 amide bonds. The lowest BCUT2D eigenvalue weighted by Gasteiger charge is -2.04. The second-order valence-corrected chi connectivity index (χ2v) is 4.10. The van der Waals surface area contributed by atoms with Crippen LogP contribution in [-0.4, -0.2) is 15.7 Å². The van der Waals surface area contributed by atoms with E-state index < -0.39 is 0 Å². The smallest absolute Gasteiger partial charge is 0.144 e. The summed E-state index contributed by atoms with van der Waals surface area (Å²) < 4.78 is 0. The van der Waals surface area contributed by atoms with E-state index in [1.54, 1.807) is 11.8 Å². The molecule has 1 rings (SSSR count). The molecule has 1 aromatic rings. The molecule has 0 saturated heterocycles. The Labute approximate surface area is 88.7 Å². The van der Waals surface area contributed by atoms with E-state index in [4.69, 9.17) is 5.84 Å². The molecule has 0 radical (unpaired) electrons. The molecule has 1 heterocycles. The number of unbranched alkanes of at least 4 members (excludes halogenated alkanes) is 1. The SMILES string of the molecule is CCCCSc1cc(NN)nc(C)n1. The van der Waals surface area contributed by atoms with Crippen molar-refractivity contribution >= 4 is 17.6 Å². The number of nitrogens with zero attached hydrogens (tertiary/aromatic N) is 2. The first-order chi connectivity index (χ1) is 6.76. The maximum Gasteiger partial charge on any atom is 0.144 e. The van der Waals surface area contributed by atoms with Gasteiger partial charge in [-0.2, -0.15) is 0 Å². The van der Waals surface area contributed by atoms with Crippen molar-refractivity contribution in [3.8, 4) is 0 Å². The number of rotatable bonds is 5. The number of nitrogens with two attached hydrogens (primary N) is 1. The van der Waals surface area contributed by atoms with E-state index in [9.17, 15) is 0 Å². The minimum absolute atomic E-state index is 0.677. The first kappa shape index (κ1) is 11.3. The third-order valence-corrected chi connectivity index (χ3v) is 2.71. The summed E-state index contributed by atoms with van der Waals surface area (Å²) in [4.78, 5) is 8.43. The van der Waals surface area contributed by atoms with Crippen molar-refractivity contribution in [3.63, 3.8) is 0 Å². The van der Waals surface area contributed by atoms with Crippen molar-refractivity contribution in [2.24, 2.45) is 5.84 Å². The average molecular weight is 212 g/mol. The second kappa shape index (κ2) is 5.82. The normalized spacial score (nSPS) is 10.2. The lowest BCUT2D eigenvalue weighted by Crippen LogP contribution is -2.09. The molecule has 4 nitrogen and oxygen atoms in total. The molecule has 0 fully saturated rings. The topological polar surface area (TPSA) is 63.8 Å². The van der Waals surface area contributed by atoms with Gasteiger partial charge in [0.25, 0.3) is 0 Å². The Bertz CT molecular complexity index is 290. The largest absolute Gasteiger partial charge is 0.308 e. The molecule has 1 aromatic heterocycles. The molecule has 0 aliphatic carbocycles. The van der Waals surface area contributed by atoms with Gasteiger partial charge in [-0.25, -0.2) is 15.8 Å². The van der Waals surface area contributed by atoms with E-state index in [2.05, 4.69) is 22.3 Å². The van der Waals surface area contributed by atoms with Gasteiger partial charge in [-0.3, -0.25) is 0 Å². The Morgan fingerprint density at radius 2 is 2.29 bits per heavy atom. The Hall–Kier alpha value is -0.810. The molecular formula is C9H16N4S. The van der Waals surface area contributed by atoms with Crippen LogP contribution in [-0.2, 0) is 0 Å². The van der Waals surface area contributed by atoms with Crippen LogP contribution < -0.4 is 11.3 Å². The van der Waals surface area contributed by atoms with Gasteiger partial charge in [0.1, 0.15) is 16.7 Å². The maximum atomic E-state index is 5.29. The summed E-state index contributed by atoms with van der Waals surface area (Å²) >= 11 is 1.74. The van der Waals surface area contributed by atoms with E-state index >= 15 is 0 Å². The number of hydrogen-bond acceptors (Lipinski definition) is 5. The van der Waals surface area contributed by atoms with Crippen molar-refractivity contribution in [2.75, 3.05) is 11.2 Å². The standard InChI is InChI=1S/C9H16N4S/c1-3-4-5-14-9-6-8(13-10)11-7(2)12-9/h6H,3-5,10H2,1-2H3,(H,11,12,13). The number of anilines is 1. The number of aromatic nitrogens is 2. The maximum absolute atomic E-state index is 5.29. The summed E-state index contributed by atoms with van der Waals surface area (Å²) in [6.07, 6.45) is 2.41. The zero-order valence-electron chi connectivity index (χ0n) is 8.58. The number of nitrogen functional groups attached to an aromatic ring is 1. The number of aryl methyl sites for hydroxylation is 1. The van der Waals surface area contributed by atoms with Gasteiger partial charge >= 0.3 is 0 Å². The molecule has 0 aliphatic heterocycles. The Morgan fingerprint density at radius 1 is 1.50 bits per heavy atom. The quantitative estimate of drug-likeness (QED) is 0.257. The van der Waals surface area contributed by atoms with Gasteiger partial charge in [-0.15, -0.1) is 11.8 Å². The van der Waals surface area contributed by atoms with Gasteiger partial charge in [0, 0.05) is 6.07 Å². The second-order valence-electron chi connectivity index (χ2n) is 2.98. The van der Waals surface area contributed by atoms with Gasteiger partial charge in [0.05, 0.1) is 0 Å². The van der Waals surface area contributed by atoms with Gasteiger partial charge in [-0.1, -0.05) is 13.3 Å². The highest BCUT2D eigenvalue weighted by atomic mass is 32.2. The molecule has 0 spiro atoms. The molecule has 5 heteroatoms. The van der Waals surface area contributed by atoms with Gasteiger partial charge < -0.3 is 5.43 Å². The van der Waals surface area contributed by atoms with E-state index in [0.29, 0.717) is 5.82 Å². The first-order valence-corrected chi connectivity index (χ1v) is 5.70. The van der Waals surface area contributed by atoms with Crippen LogP contribution in [0.4, 0.5) is 5.82 Å². The number of hydrogen-bond donors (Lipinski definition) is 2. The van der Waals surface area contributed by atoms with Crippen LogP contribution in [0.25, 0.3) is 0 Å². The van der Waals surface area contributed by atoms with Crippen LogP contribution in [0, 0.1) is 6.92 Å². The van der Waals surface area contributed by atoms with Crippen LogP contribution in [0.2, 0.25) is 0 Å². The summed E-state index contributed by atoms with van der Waals surface area (Å²) in [6.45, 7) is 4.05. The predicted octanol–water partition coefficient (Wildman–Crippen LogP) is 1.96. The van der Waals surface area contributed by atoms with Crippen LogP contribution in [0.1, 0.15) is 25.6 Å². The third-order valence-electron chi connectivity index (χ3n) is 1.71. The zero-order chi connectivity index (χ0) is 10.4. The first-order valence-electron chi connectivity index (χ1n) is 4.71. The summed E-state index contributed by atoms with van der Waals surface area (Å²) in [5, 5.41) is 0.985.